The lowest BCUT2D eigenvalue weighted by molar-refractivity contribution is -0.143. The topological polar surface area (TPSA) is 151 Å². The molecule has 0 spiro atoms. The summed E-state index contributed by atoms with van der Waals surface area (Å²) in [6, 6.07) is -3.56. The third-order valence-corrected chi connectivity index (χ3v) is 4.93. The van der Waals surface area contributed by atoms with Crippen LogP contribution in [-0.2, 0) is 19.2 Å². The van der Waals surface area contributed by atoms with Crippen molar-refractivity contribution in [3.63, 3.8) is 0 Å². The smallest absolute Gasteiger partial charge is 0.326 e. The Balaban J connectivity index is 5.10. The van der Waals surface area contributed by atoms with Gasteiger partial charge in [0.05, 0.1) is 6.04 Å². The summed E-state index contributed by atoms with van der Waals surface area (Å²) >= 11 is 0. The van der Waals surface area contributed by atoms with Gasteiger partial charge < -0.3 is 26.8 Å². The second kappa shape index (κ2) is 13.2. The van der Waals surface area contributed by atoms with Crippen LogP contribution < -0.4 is 21.7 Å². The fraction of sp³-hybridized carbons (Fsp3) is 0.810. The fourth-order valence-corrected chi connectivity index (χ4v) is 2.94. The van der Waals surface area contributed by atoms with Crippen LogP contribution in [0.15, 0.2) is 0 Å². The quantitative estimate of drug-likeness (QED) is 0.295. The van der Waals surface area contributed by atoms with E-state index in [1.807, 2.05) is 34.6 Å². The molecule has 0 aromatic heterocycles. The normalized spacial score (nSPS) is 16.3. The number of carbonyl (C=O) groups excluding carboxylic acids is 3. The standard InChI is InChI=1S/C21H40N4O5/c1-8-13(6)17(21(29)30)25-18(26)14(7)23-20(28)16(10-12(4)5)24-19(27)15(22)9-11(2)3/h11-17H,8-10,22H2,1-7H3,(H,23,28)(H,24,27)(H,25,26)(H,29,30). The first kappa shape index (κ1) is 27.8. The van der Waals surface area contributed by atoms with E-state index in [1.165, 1.54) is 6.92 Å². The SMILES string of the molecule is CCC(C)C(NC(=O)C(C)NC(=O)C(CC(C)C)NC(=O)C(N)CC(C)C)C(=O)O. The molecule has 9 heteroatoms. The largest absolute Gasteiger partial charge is 0.480 e. The molecule has 0 radical (unpaired) electrons. The van der Waals surface area contributed by atoms with E-state index in [1.54, 1.807) is 6.92 Å². The van der Waals surface area contributed by atoms with E-state index in [0.29, 0.717) is 19.3 Å². The lowest BCUT2D eigenvalue weighted by Crippen LogP contribution is -2.57. The summed E-state index contributed by atoms with van der Waals surface area (Å²) in [7, 11) is 0. The van der Waals surface area contributed by atoms with Crippen molar-refractivity contribution in [2.45, 2.75) is 91.9 Å². The molecule has 0 aliphatic carbocycles. The minimum atomic E-state index is -1.12. The van der Waals surface area contributed by atoms with Gasteiger partial charge in [-0.15, -0.1) is 0 Å². The average Bonchev–Trinajstić information content (AvgIpc) is 2.63. The summed E-state index contributed by atoms with van der Waals surface area (Å²) in [5.74, 6) is -2.55. The highest BCUT2D eigenvalue weighted by Crippen LogP contribution is 2.10. The highest BCUT2D eigenvalue weighted by Gasteiger charge is 2.30. The van der Waals surface area contributed by atoms with Crippen molar-refractivity contribution in [3.8, 4) is 0 Å². The maximum absolute atomic E-state index is 12.7. The molecule has 0 aromatic carbocycles. The van der Waals surface area contributed by atoms with E-state index in [0.717, 1.165) is 0 Å². The number of carbonyl (C=O) groups is 4. The van der Waals surface area contributed by atoms with E-state index in [2.05, 4.69) is 16.0 Å². The maximum Gasteiger partial charge on any atom is 0.326 e. The van der Waals surface area contributed by atoms with Crippen molar-refractivity contribution in [1.82, 2.24) is 16.0 Å². The number of nitrogens with two attached hydrogens (primary N) is 1. The molecule has 0 saturated carbocycles. The van der Waals surface area contributed by atoms with E-state index >= 15 is 0 Å². The molecule has 0 bridgehead atoms. The van der Waals surface area contributed by atoms with E-state index in [-0.39, 0.29) is 17.8 Å². The summed E-state index contributed by atoms with van der Waals surface area (Å²) in [5, 5.41) is 17.1. The molecule has 0 saturated heterocycles. The van der Waals surface area contributed by atoms with Crippen LogP contribution in [0.4, 0.5) is 0 Å². The van der Waals surface area contributed by atoms with Crippen LogP contribution in [0.25, 0.3) is 0 Å². The van der Waals surface area contributed by atoms with Crippen LogP contribution in [0.2, 0.25) is 0 Å². The van der Waals surface area contributed by atoms with Gasteiger partial charge in [-0.25, -0.2) is 4.79 Å². The van der Waals surface area contributed by atoms with Gasteiger partial charge in [-0.3, -0.25) is 14.4 Å². The molecule has 0 heterocycles. The average molecular weight is 429 g/mol. The van der Waals surface area contributed by atoms with Crippen molar-refractivity contribution >= 4 is 23.7 Å². The molecule has 0 fully saturated rings. The van der Waals surface area contributed by atoms with Crippen LogP contribution in [0.1, 0.15) is 67.7 Å². The lowest BCUT2D eigenvalue weighted by Gasteiger charge is -2.25. The van der Waals surface area contributed by atoms with Crippen LogP contribution in [0, 0.1) is 17.8 Å². The molecular weight excluding hydrogens is 388 g/mol. The van der Waals surface area contributed by atoms with Crippen molar-refractivity contribution in [3.05, 3.63) is 0 Å². The van der Waals surface area contributed by atoms with Gasteiger partial charge in [-0.1, -0.05) is 48.0 Å². The number of nitrogens with one attached hydrogen (secondary N) is 3. The van der Waals surface area contributed by atoms with Gasteiger partial charge >= 0.3 is 5.97 Å². The summed E-state index contributed by atoms with van der Waals surface area (Å²) in [6.07, 6.45) is 1.45. The number of carboxylic acids is 1. The van der Waals surface area contributed by atoms with E-state index in [9.17, 15) is 24.3 Å². The third-order valence-electron chi connectivity index (χ3n) is 4.93. The Morgan fingerprint density at radius 2 is 1.33 bits per heavy atom. The molecular formula is C21H40N4O5. The summed E-state index contributed by atoms with van der Waals surface area (Å²) in [6.45, 7) is 12.8. The van der Waals surface area contributed by atoms with Crippen molar-refractivity contribution < 1.29 is 24.3 Å². The predicted octanol–water partition coefficient (Wildman–Crippen LogP) is 1.01. The van der Waals surface area contributed by atoms with Gasteiger partial charge in [0.25, 0.3) is 0 Å². The molecule has 0 aromatic rings. The van der Waals surface area contributed by atoms with Crippen molar-refractivity contribution in [2.75, 3.05) is 0 Å². The zero-order valence-corrected chi connectivity index (χ0v) is 19.3. The number of amides is 3. The Kier molecular flexibility index (Phi) is 12.3. The molecule has 9 nitrogen and oxygen atoms in total. The summed E-state index contributed by atoms with van der Waals surface area (Å²) < 4.78 is 0. The van der Waals surface area contributed by atoms with Crippen LogP contribution in [-0.4, -0.2) is 53.0 Å². The molecule has 30 heavy (non-hydrogen) atoms. The maximum atomic E-state index is 12.7. The number of hydrogen-bond acceptors (Lipinski definition) is 5. The number of carboxylic acid groups (broad SMARTS) is 1. The molecule has 174 valence electrons. The molecule has 0 rings (SSSR count). The molecule has 3 amide bonds. The highest BCUT2D eigenvalue weighted by molar-refractivity contribution is 5.93. The summed E-state index contributed by atoms with van der Waals surface area (Å²) in [5.41, 5.74) is 5.91. The van der Waals surface area contributed by atoms with E-state index < -0.39 is 47.9 Å². The van der Waals surface area contributed by atoms with Crippen LogP contribution in [0.5, 0.6) is 0 Å². The van der Waals surface area contributed by atoms with Crippen molar-refractivity contribution in [1.29, 1.82) is 0 Å². The number of hydrogen-bond donors (Lipinski definition) is 5. The van der Waals surface area contributed by atoms with E-state index in [4.69, 9.17) is 5.73 Å². The van der Waals surface area contributed by atoms with Gasteiger partial charge in [0.2, 0.25) is 17.7 Å². The Hall–Kier alpha value is -2.16. The number of rotatable bonds is 13. The van der Waals surface area contributed by atoms with Gasteiger partial charge in [0, 0.05) is 0 Å². The van der Waals surface area contributed by atoms with Gasteiger partial charge in [0.1, 0.15) is 18.1 Å². The van der Waals surface area contributed by atoms with Gasteiger partial charge in [-0.2, -0.15) is 0 Å². The molecule has 5 atom stereocenters. The minimum Gasteiger partial charge on any atom is -0.480 e. The molecule has 0 aliphatic rings. The second-order valence-electron chi connectivity index (χ2n) is 8.87. The zero-order valence-electron chi connectivity index (χ0n) is 19.3. The molecule has 6 N–H and O–H groups in total. The number of aliphatic carboxylic acids is 1. The van der Waals surface area contributed by atoms with Crippen molar-refractivity contribution in [2.24, 2.45) is 23.5 Å². The van der Waals surface area contributed by atoms with Gasteiger partial charge in [-0.05, 0) is 37.5 Å². The predicted molar refractivity (Wildman–Crippen MR) is 115 cm³/mol. The summed E-state index contributed by atoms with van der Waals surface area (Å²) in [4.78, 5) is 48.9. The second-order valence-corrected chi connectivity index (χ2v) is 8.87. The monoisotopic (exact) mass is 428 g/mol. The first-order valence-corrected chi connectivity index (χ1v) is 10.7. The van der Waals surface area contributed by atoms with Gasteiger partial charge in [0.15, 0.2) is 0 Å². The molecule has 5 unspecified atom stereocenters. The third kappa shape index (κ3) is 10.0. The fourth-order valence-electron chi connectivity index (χ4n) is 2.94. The first-order valence-electron chi connectivity index (χ1n) is 10.7. The lowest BCUT2D eigenvalue weighted by atomic mass is 9.99. The van der Waals surface area contributed by atoms with Crippen LogP contribution in [0.3, 0.4) is 0 Å². The Morgan fingerprint density at radius 1 is 0.800 bits per heavy atom. The molecule has 0 aliphatic heterocycles. The highest BCUT2D eigenvalue weighted by atomic mass is 16.4. The zero-order chi connectivity index (χ0) is 23.6. The minimum absolute atomic E-state index is 0.119. The Morgan fingerprint density at radius 3 is 1.77 bits per heavy atom. The Bertz CT molecular complexity index is 594. The first-order chi connectivity index (χ1) is 13.8. The Labute approximate surface area is 179 Å². The van der Waals surface area contributed by atoms with Crippen LogP contribution >= 0.6 is 0 Å².